The van der Waals surface area contributed by atoms with E-state index in [1.807, 2.05) is 84.6 Å². The first kappa shape index (κ1) is 14.9. The number of fused-ring (bicyclic) bond motifs is 5. The van der Waals surface area contributed by atoms with Crippen molar-refractivity contribution in [2.24, 2.45) is 0 Å². The minimum Gasteiger partial charge on any atom is -0.292 e. The average Bonchev–Trinajstić information content (AvgIpc) is 3.11. The van der Waals surface area contributed by atoms with Crippen LogP contribution in [0.25, 0.3) is 0 Å². The molecule has 0 fully saturated rings. The molecule has 0 N–H and O–H groups in total. The summed E-state index contributed by atoms with van der Waals surface area (Å²) in [6, 6.07) is 26.2. The van der Waals surface area contributed by atoms with E-state index < -0.39 is 11.5 Å². The molecule has 0 bridgehead atoms. The van der Waals surface area contributed by atoms with Crippen LogP contribution in [0.3, 0.4) is 0 Å². The third-order valence-corrected chi connectivity index (χ3v) is 5.62. The van der Waals surface area contributed by atoms with Gasteiger partial charge in [0.25, 0.3) is 5.91 Å². The zero-order valence-corrected chi connectivity index (χ0v) is 14.3. The van der Waals surface area contributed by atoms with Crippen molar-refractivity contribution in [1.29, 1.82) is 5.26 Å². The summed E-state index contributed by atoms with van der Waals surface area (Å²) in [5.74, 6) is -0.480. The number of benzene rings is 3. The predicted octanol–water partition coefficient (Wildman–Crippen LogP) is 4.52. The van der Waals surface area contributed by atoms with Crippen LogP contribution in [-0.4, -0.2) is 5.91 Å². The summed E-state index contributed by atoms with van der Waals surface area (Å²) in [6.07, 6.45) is 0. The molecule has 3 aromatic carbocycles. The van der Waals surface area contributed by atoms with Crippen LogP contribution in [0.2, 0.25) is 0 Å². The number of aryl methyl sites for hydroxylation is 1. The first-order valence-corrected chi connectivity index (χ1v) is 8.69. The number of hydrogen-bond acceptors (Lipinski definition) is 2. The lowest BCUT2D eigenvalue weighted by atomic mass is 9.73. The Bertz CT molecular complexity index is 1100. The molecule has 2 aliphatic rings. The second-order valence-electron chi connectivity index (χ2n) is 6.94. The summed E-state index contributed by atoms with van der Waals surface area (Å²) in [7, 11) is 0. The molecule has 1 amide bonds. The van der Waals surface area contributed by atoms with Gasteiger partial charge in [0.05, 0.1) is 11.8 Å². The fraction of sp³-hybridized carbons (Fsp3) is 0.130. The largest absolute Gasteiger partial charge is 0.292 e. The summed E-state index contributed by atoms with van der Waals surface area (Å²) in [5, 5.41) is 10.2. The van der Waals surface area contributed by atoms with E-state index >= 15 is 0 Å². The Labute approximate surface area is 152 Å². The minimum absolute atomic E-state index is 0.0299. The molecule has 3 heteroatoms. The number of nitriles is 1. The van der Waals surface area contributed by atoms with Crippen molar-refractivity contribution in [3.05, 3.63) is 101 Å². The van der Waals surface area contributed by atoms with E-state index in [1.165, 1.54) is 0 Å². The van der Waals surface area contributed by atoms with Gasteiger partial charge in [0.1, 0.15) is 11.5 Å². The average molecular weight is 336 g/mol. The quantitative estimate of drug-likeness (QED) is 0.656. The number of nitrogens with zero attached hydrogens (tertiary/aromatic N) is 2. The van der Waals surface area contributed by atoms with Crippen LogP contribution in [0.4, 0.5) is 5.69 Å². The van der Waals surface area contributed by atoms with E-state index in [2.05, 4.69) is 6.07 Å². The second kappa shape index (κ2) is 5.06. The number of anilines is 1. The van der Waals surface area contributed by atoms with Gasteiger partial charge in [-0.1, -0.05) is 66.2 Å². The van der Waals surface area contributed by atoms with Crippen LogP contribution >= 0.6 is 0 Å². The number of rotatable bonds is 1. The zero-order chi connectivity index (χ0) is 17.9. The molecule has 0 spiro atoms. The van der Waals surface area contributed by atoms with Crippen molar-refractivity contribution in [1.82, 2.24) is 0 Å². The van der Waals surface area contributed by atoms with E-state index in [0.29, 0.717) is 5.56 Å². The number of carbonyl (C=O) groups excluding carboxylic acids is 1. The monoisotopic (exact) mass is 336 g/mol. The maximum Gasteiger partial charge on any atom is 0.259 e. The minimum atomic E-state index is -0.806. The van der Waals surface area contributed by atoms with Crippen LogP contribution in [-0.2, 0) is 5.54 Å². The molecule has 2 atom stereocenters. The van der Waals surface area contributed by atoms with E-state index in [0.717, 1.165) is 27.9 Å². The Kier molecular flexibility index (Phi) is 2.90. The van der Waals surface area contributed by atoms with Crippen LogP contribution < -0.4 is 4.90 Å². The van der Waals surface area contributed by atoms with Gasteiger partial charge in [0, 0.05) is 5.56 Å². The molecule has 0 unspecified atom stereocenters. The summed E-state index contributed by atoms with van der Waals surface area (Å²) in [5.41, 5.74) is 4.58. The number of para-hydroxylation sites is 1. The molecule has 0 radical (unpaired) electrons. The van der Waals surface area contributed by atoms with Crippen molar-refractivity contribution >= 4 is 11.6 Å². The summed E-state index contributed by atoms with van der Waals surface area (Å²) < 4.78 is 0. The highest BCUT2D eigenvalue weighted by Crippen LogP contribution is 2.60. The lowest BCUT2D eigenvalue weighted by Crippen LogP contribution is -2.44. The smallest absolute Gasteiger partial charge is 0.259 e. The van der Waals surface area contributed by atoms with Gasteiger partial charge in [0.2, 0.25) is 0 Å². The fourth-order valence-corrected chi connectivity index (χ4v) is 4.62. The number of carbonyl (C=O) groups is 1. The Morgan fingerprint density at radius 2 is 1.73 bits per heavy atom. The van der Waals surface area contributed by atoms with Crippen molar-refractivity contribution in [2.75, 3.05) is 4.90 Å². The third kappa shape index (κ3) is 1.59. The Morgan fingerprint density at radius 1 is 1.00 bits per heavy atom. The third-order valence-electron chi connectivity index (χ3n) is 5.62. The molecule has 3 nitrogen and oxygen atoms in total. The SMILES string of the molecule is Cc1ccc2c(c1)C(=O)N1c3ccccc3[C@H](C#N)[C@]21c1ccccc1. The highest BCUT2D eigenvalue weighted by atomic mass is 16.2. The lowest BCUT2D eigenvalue weighted by Gasteiger charge is -2.36. The highest BCUT2D eigenvalue weighted by Gasteiger charge is 2.61. The van der Waals surface area contributed by atoms with Gasteiger partial charge in [-0.2, -0.15) is 5.26 Å². The maximum absolute atomic E-state index is 13.4. The van der Waals surface area contributed by atoms with Crippen LogP contribution in [0.1, 0.15) is 38.5 Å². The van der Waals surface area contributed by atoms with Gasteiger partial charge in [-0.25, -0.2) is 0 Å². The molecule has 0 aliphatic carbocycles. The number of amides is 1. The van der Waals surface area contributed by atoms with Crippen LogP contribution in [0.15, 0.2) is 72.8 Å². The predicted molar refractivity (Wildman–Crippen MR) is 100 cm³/mol. The molecule has 5 rings (SSSR count). The number of hydrogen-bond donors (Lipinski definition) is 0. The first-order valence-electron chi connectivity index (χ1n) is 8.69. The molecule has 0 aromatic heterocycles. The maximum atomic E-state index is 13.4. The Hall–Kier alpha value is -3.38. The summed E-state index contributed by atoms with van der Waals surface area (Å²) in [6.45, 7) is 1.99. The highest BCUT2D eigenvalue weighted by molar-refractivity contribution is 6.15. The van der Waals surface area contributed by atoms with Gasteiger partial charge in [-0.15, -0.1) is 0 Å². The molecule has 124 valence electrons. The van der Waals surface area contributed by atoms with E-state index in [1.54, 1.807) is 0 Å². The molecule has 0 saturated heterocycles. The standard InChI is InChI=1S/C23H16N2O/c1-15-11-12-19-18(13-15)22(26)25-21-10-6-5-9-17(21)20(14-24)23(19,25)16-7-3-2-4-8-16/h2-13,20H,1H3/t20-,23-/m0/s1. The van der Waals surface area contributed by atoms with Crippen molar-refractivity contribution in [3.8, 4) is 6.07 Å². The summed E-state index contributed by atoms with van der Waals surface area (Å²) >= 11 is 0. The molecule has 3 aromatic rings. The van der Waals surface area contributed by atoms with Gasteiger partial charge in [-0.05, 0) is 35.7 Å². The van der Waals surface area contributed by atoms with E-state index in [4.69, 9.17) is 0 Å². The van der Waals surface area contributed by atoms with Crippen molar-refractivity contribution in [3.63, 3.8) is 0 Å². The van der Waals surface area contributed by atoms with E-state index in [-0.39, 0.29) is 5.91 Å². The lowest BCUT2D eigenvalue weighted by molar-refractivity contribution is 0.0984. The summed E-state index contributed by atoms with van der Waals surface area (Å²) in [4.78, 5) is 15.3. The van der Waals surface area contributed by atoms with Crippen LogP contribution in [0, 0.1) is 18.3 Å². The molecular weight excluding hydrogens is 320 g/mol. The first-order chi connectivity index (χ1) is 12.7. The normalized spacial score (nSPS) is 22.5. The van der Waals surface area contributed by atoms with E-state index in [9.17, 15) is 10.1 Å². The topological polar surface area (TPSA) is 44.1 Å². The molecule has 0 saturated carbocycles. The van der Waals surface area contributed by atoms with Gasteiger partial charge in [0.15, 0.2) is 0 Å². The molecule has 2 heterocycles. The second-order valence-corrected chi connectivity index (χ2v) is 6.94. The van der Waals surface area contributed by atoms with Gasteiger partial charge >= 0.3 is 0 Å². The van der Waals surface area contributed by atoms with Crippen LogP contribution in [0.5, 0.6) is 0 Å². The molecule has 26 heavy (non-hydrogen) atoms. The van der Waals surface area contributed by atoms with Gasteiger partial charge in [-0.3, -0.25) is 9.69 Å². The Balaban J connectivity index is 1.94. The zero-order valence-electron chi connectivity index (χ0n) is 14.3. The van der Waals surface area contributed by atoms with Crippen molar-refractivity contribution < 1.29 is 4.79 Å². The fourth-order valence-electron chi connectivity index (χ4n) is 4.62. The molecular formula is C23H16N2O. The van der Waals surface area contributed by atoms with Crippen molar-refractivity contribution in [2.45, 2.75) is 18.4 Å². The molecule has 2 aliphatic heterocycles. The van der Waals surface area contributed by atoms with Gasteiger partial charge < -0.3 is 0 Å². The Morgan fingerprint density at radius 3 is 2.50 bits per heavy atom.